The largest absolute Gasteiger partial charge is 0.494 e. The van der Waals surface area contributed by atoms with Gasteiger partial charge in [0, 0.05) is 44.7 Å². The Kier molecular flexibility index (Phi) is 9.97. The number of methoxy groups -OCH3 is 1. The van der Waals surface area contributed by atoms with Crippen LogP contribution in [0.3, 0.4) is 0 Å². The first-order valence-electron chi connectivity index (χ1n) is 15.6. The van der Waals surface area contributed by atoms with Crippen LogP contribution < -0.4 is 30.1 Å². The van der Waals surface area contributed by atoms with E-state index in [1.807, 2.05) is 12.1 Å². The second kappa shape index (κ2) is 14.7. The third-order valence-corrected chi connectivity index (χ3v) is 8.27. The second-order valence-corrected chi connectivity index (χ2v) is 11.5. The fourth-order valence-corrected chi connectivity index (χ4v) is 5.73. The maximum Gasteiger partial charge on any atom is 0.247 e. The van der Waals surface area contributed by atoms with E-state index in [-0.39, 0.29) is 30.1 Å². The number of hydrogen-bond donors (Lipinski definition) is 2. The van der Waals surface area contributed by atoms with Gasteiger partial charge >= 0.3 is 0 Å². The van der Waals surface area contributed by atoms with Crippen LogP contribution in [-0.2, 0) is 16.2 Å². The van der Waals surface area contributed by atoms with Crippen molar-refractivity contribution >= 4 is 34.6 Å². The van der Waals surface area contributed by atoms with E-state index in [4.69, 9.17) is 14.3 Å². The van der Waals surface area contributed by atoms with Crippen molar-refractivity contribution in [1.29, 1.82) is 0 Å². The number of halogens is 2. The number of nitrogens with zero attached hydrogens (tertiary/aromatic N) is 5. The normalized spacial score (nSPS) is 16.5. The molecular formula is C35H37F2N7O4. The molecule has 2 aliphatic rings. The number of anilines is 5. The zero-order chi connectivity index (χ0) is 33.6. The number of hydrogen-bond acceptors (Lipinski definition) is 10. The molecule has 48 heavy (non-hydrogen) atoms. The number of nitrogens with one attached hydrogen (secondary N) is 2. The van der Waals surface area contributed by atoms with Gasteiger partial charge in [0.15, 0.2) is 17.4 Å². The summed E-state index contributed by atoms with van der Waals surface area (Å²) in [4.78, 5) is 31.7. The first-order chi connectivity index (χ1) is 23.3. The van der Waals surface area contributed by atoms with E-state index in [1.54, 1.807) is 42.5 Å². The molecule has 2 fully saturated rings. The highest BCUT2D eigenvalue weighted by molar-refractivity contribution is 6.02. The Hall–Kier alpha value is -5.27. The van der Waals surface area contributed by atoms with Gasteiger partial charge in [0.05, 0.1) is 36.8 Å². The van der Waals surface area contributed by atoms with Crippen LogP contribution in [0.2, 0.25) is 0 Å². The summed E-state index contributed by atoms with van der Waals surface area (Å²) >= 11 is 0. The molecule has 0 aliphatic carbocycles. The molecule has 2 saturated heterocycles. The molecule has 0 bridgehead atoms. The fraction of sp³-hybridized carbons (Fsp3) is 0.286. The SMILES string of the molecule is C=CC(=O)Nc1cc(Nc2cc(N3OCC[C@H]3c3ccc(F)c(OCc4cccc(F)c4)c3)ncn2)c(OC)cc1N1CCN(C)CC1. The molecule has 1 atom stereocenters. The molecule has 0 radical (unpaired) electrons. The Morgan fingerprint density at radius 2 is 1.88 bits per heavy atom. The monoisotopic (exact) mass is 657 g/mol. The average molecular weight is 658 g/mol. The summed E-state index contributed by atoms with van der Waals surface area (Å²) in [5.74, 6) is 0.322. The number of aromatic nitrogens is 2. The van der Waals surface area contributed by atoms with Gasteiger partial charge in [-0.1, -0.05) is 24.8 Å². The highest BCUT2D eigenvalue weighted by atomic mass is 19.1. The Balaban J connectivity index is 1.23. The Morgan fingerprint density at radius 1 is 1.04 bits per heavy atom. The molecular weight excluding hydrogens is 620 g/mol. The van der Waals surface area contributed by atoms with Crippen LogP contribution >= 0.6 is 0 Å². The second-order valence-electron chi connectivity index (χ2n) is 11.5. The Labute approximate surface area is 277 Å². The standard InChI is InChI=1S/C35H37F2N7O4/c1-4-35(45)41-27-18-28(32(46-3)19-30(27)43-13-11-42(2)12-14-43)40-33-20-34(39-22-38-33)44-29(10-15-48-44)24-8-9-26(37)31(17-24)47-21-23-6-5-7-25(36)16-23/h4-9,16-20,22,29H,1,10-15,21H2,2-3H3,(H,41,45)(H,38,39,40)/t29-/m0/s1. The molecule has 0 unspecified atom stereocenters. The summed E-state index contributed by atoms with van der Waals surface area (Å²) in [6, 6.07) is 15.8. The number of piperazine rings is 1. The van der Waals surface area contributed by atoms with Crippen LogP contribution in [0.25, 0.3) is 0 Å². The molecule has 4 aromatic rings. The third kappa shape index (κ3) is 7.48. The van der Waals surface area contributed by atoms with E-state index in [2.05, 4.69) is 44.0 Å². The highest BCUT2D eigenvalue weighted by Crippen LogP contribution is 2.40. The molecule has 3 aromatic carbocycles. The van der Waals surface area contributed by atoms with E-state index in [9.17, 15) is 13.6 Å². The Morgan fingerprint density at radius 3 is 2.65 bits per heavy atom. The van der Waals surface area contributed by atoms with Crippen molar-refractivity contribution in [2.24, 2.45) is 0 Å². The summed E-state index contributed by atoms with van der Waals surface area (Å²) in [5, 5.41) is 7.90. The Bertz CT molecular complexity index is 1780. The van der Waals surface area contributed by atoms with Gasteiger partial charge in [-0.05, 0) is 54.6 Å². The van der Waals surface area contributed by atoms with E-state index >= 15 is 0 Å². The van der Waals surface area contributed by atoms with Gasteiger partial charge in [0.2, 0.25) is 5.91 Å². The maximum absolute atomic E-state index is 14.7. The summed E-state index contributed by atoms with van der Waals surface area (Å²) in [6.45, 7) is 7.41. The molecule has 2 N–H and O–H groups in total. The van der Waals surface area contributed by atoms with Crippen molar-refractivity contribution in [3.05, 3.63) is 102 Å². The van der Waals surface area contributed by atoms with Crippen LogP contribution in [-0.4, -0.2) is 67.7 Å². The van der Waals surface area contributed by atoms with E-state index in [1.165, 1.54) is 30.6 Å². The van der Waals surface area contributed by atoms with Gasteiger partial charge in [-0.3, -0.25) is 9.63 Å². The van der Waals surface area contributed by atoms with Crippen molar-refractivity contribution in [1.82, 2.24) is 14.9 Å². The van der Waals surface area contributed by atoms with Crippen molar-refractivity contribution < 1.29 is 27.9 Å². The number of hydroxylamine groups is 1. The molecule has 250 valence electrons. The third-order valence-electron chi connectivity index (χ3n) is 8.27. The maximum atomic E-state index is 14.7. The van der Waals surface area contributed by atoms with Gasteiger partial charge in [0.25, 0.3) is 0 Å². The van der Waals surface area contributed by atoms with Gasteiger partial charge in [-0.2, -0.15) is 0 Å². The lowest BCUT2D eigenvalue weighted by atomic mass is 10.0. The van der Waals surface area contributed by atoms with Crippen molar-refractivity contribution in [2.45, 2.75) is 19.1 Å². The minimum absolute atomic E-state index is 0.0166. The van der Waals surface area contributed by atoms with Crippen molar-refractivity contribution in [3.63, 3.8) is 0 Å². The number of ether oxygens (including phenoxy) is 2. The molecule has 6 rings (SSSR count). The number of rotatable bonds is 11. The molecule has 1 amide bonds. The van der Waals surface area contributed by atoms with E-state index < -0.39 is 5.82 Å². The quantitative estimate of drug-likeness (QED) is 0.191. The predicted molar refractivity (Wildman–Crippen MR) is 180 cm³/mol. The lowest BCUT2D eigenvalue weighted by Gasteiger charge is -2.35. The van der Waals surface area contributed by atoms with Gasteiger partial charge in [0.1, 0.15) is 30.3 Å². The summed E-state index contributed by atoms with van der Waals surface area (Å²) in [7, 11) is 3.67. The van der Waals surface area contributed by atoms with Gasteiger partial charge in [-0.15, -0.1) is 0 Å². The summed E-state index contributed by atoms with van der Waals surface area (Å²) in [5.41, 5.74) is 3.39. The van der Waals surface area contributed by atoms with Gasteiger partial charge in [-0.25, -0.2) is 23.8 Å². The number of likely N-dealkylation sites (N-methyl/N-ethyl adjacent to an activating group) is 1. The fourth-order valence-electron chi connectivity index (χ4n) is 5.73. The van der Waals surface area contributed by atoms with Gasteiger partial charge < -0.3 is 29.9 Å². The number of amides is 1. The van der Waals surface area contributed by atoms with Crippen LogP contribution in [0, 0.1) is 11.6 Å². The molecule has 0 saturated carbocycles. The first-order valence-corrected chi connectivity index (χ1v) is 15.6. The smallest absolute Gasteiger partial charge is 0.247 e. The average Bonchev–Trinajstić information content (AvgIpc) is 3.59. The zero-order valence-electron chi connectivity index (χ0n) is 26.8. The van der Waals surface area contributed by atoms with E-state index in [0.29, 0.717) is 47.4 Å². The highest BCUT2D eigenvalue weighted by Gasteiger charge is 2.30. The van der Waals surface area contributed by atoms with Crippen LogP contribution in [0.15, 0.2) is 79.6 Å². The number of carbonyl (C=O) groups is 1. The summed E-state index contributed by atoms with van der Waals surface area (Å²) < 4.78 is 39.8. The van der Waals surface area contributed by atoms with Crippen LogP contribution in [0.1, 0.15) is 23.6 Å². The van der Waals surface area contributed by atoms with Crippen molar-refractivity contribution in [3.8, 4) is 11.5 Å². The topological polar surface area (TPSA) is 104 Å². The molecule has 13 heteroatoms. The molecule has 11 nitrogen and oxygen atoms in total. The minimum atomic E-state index is -0.523. The molecule has 3 heterocycles. The van der Waals surface area contributed by atoms with Crippen molar-refractivity contribution in [2.75, 3.05) is 67.5 Å². The zero-order valence-corrected chi connectivity index (χ0v) is 26.8. The molecule has 1 aromatic heterocycles. The van der Waals surface area contributed by atoms with Crippen LogP contribution in [0.4, 0.5) is 37.5 Å². The minimum Gasteiger partial charge on any atom is -0.494 e. The first kappa shape index (κ1) is 32.7. The molecule has 0 spiro atoms. The lowest BCUT2D eigenvalue weighted by molar-refractivity contribution is -0.111. The lowest BCUT2D eigenvalue weighted by Crippen LogP contribution is -2.44. The summed E-state index contributed by atoms with van der Waals surface area (Å²) in [6.07, 6.45) is 3.27. The predicted octanol–water partition coefficient (Wildman–Crippen LogP) is 5.85. The van der Waals surface area contributed by atoms with E-state index in [0.717, 1.165) is 37.4 Å². The van der Waals surface area contributed by atoms with Crippen LogP contribution in [0.5, 0.6) is 11.5 Å². The number of benzene rings is 3. The molecule has 2 aliphatic heterocycles. The number of carbonyl (C=O) groups excluding carboxylic acids is 1.